The molecule has 0 saturated heterocycles. The van der Waals surface area contributed by atoms with Gasteiger partial charge >= 0.3 is 0 Å². The molecule has 1 aliphatic carbocycles. The van der Waals surface area contributed by atoms with Gasteiger partial charge < -0.3 is 10.2 Å². The van der Waals surface area contributed by atoms with Crippen molar-refractivity contribution in [2.75, 3.05) is 7.05 Å². The molecule has 4 nitrogen and oxygen atoms in total. The molecule has 1 saturated carbocycles. The van der Waals surface area contributed by atoms with Crippen LogP contribution in [-0.2, 0) is 4.79 Å². The van der Waals surface area contributed by atoms with Crippen LogP contribution in [0, 0.1) is 5.92 Å². The molecule has 4 heteroatoms. The van der Waals surface area contributed by atoms with Crippen LogP contribution in [0.1, 0.15) is 62.7 Å². The molecule has 132 valence electrons. The van der Waals surface area contributed by atoms with Crippen LogP contribution in [-0.4, -0.2) is 35.8 Å². The number of rotatable bonds is 6. The van der Waals surface area contributed by atoms with E-state index in [1.807, 2.05) is 37.1 Å². The maximum absolute atomic E-state index is 13.0. The lowest BCUT2D eigenvalue weighted by Gasteiger charge is -2.35. The summed E-state index contributed by atoms with van der Waals surface area (Å²) in [6.07, 6.45) is 6.63. The third kappa shape index (κ3) is 4.59. The topological polar surface area (TPSA) is 49.4 Å². The number of benzene rings is 1. The van der Waals surface area contributed by atoms with Crippen molar-refractivity contribution in [3.8, 4) is 0 Å². The first-order valence-electron chi connectivity index (χ1n) is 9.17. The van der Waals surface area contributed by atoms with E-state index in [1.165, 1.54) is 19.3 Å². The highest BCUT2D eigenvalue weighted by molar-refractivity contribution is 5.97. The van der Waals surface area contributed by atoms with Crippen molar-refractivity contribution in [3.05, 3.63) is 35.9 Å². The third-order valence-electron chi connectivity index (χ3n) is 5.27. The fourth-order valence-corrected chi connectivity index (χ4v) is 3.36. The van der Waals surface area contributed by atoms with E-state index in [1.54, 1.807) is 12.1 Å². The molecule has 0 heterocycles. The van der Waals surface area contributed by atoms with Crippen molar-refractivity contribution in [3.63, 3.8) is 0 Å². The number of nitrogens with one attached hydrogen (secondary N) is 1. The Morgan fingerprint density at radius 3 is 2.38 bits per heavy atom. The minimum Gasteiger partial charge on any atom is -0.341 e. The number of amides is 2. The molecule has 2 amide bonds. The molecule has 0 bridgehead atoms. The quantitative estimate of drug-likeness (QED) is 0.866. The number of carbonyl (C=O) groups is 2. The second-order valence-corrected chi connectivity index (χ2v) is 6.94. The van der Waals surface area contributed by atoms with Crippen LogP contribution >= 0.6 is 0 Å². The Labute approximate surface area is 145 Å². The summed E-state index contributed by atoms with van der Waals surface area (Å²) in [7, 11) is 1.89. The van der Waals surface area contributed by atoms with Crippen molar-refractivity contribution in [1.82, 2.24) is 10.2 Å². The van der Waals surface area contributed by atoms with Crippen molar-refractivity contribution < 1.29 is 9.59 Å². The van der Waals surface area contributed by atoms with Crippen molar-refractivity contribution >= 4 is 11.8 Å². The highest BCUT2D eigenvalue weighted by Gasteiger charge is 2.32. The van der Waals surface area contributed by atoms with Crippen LogP contribution in [0.25, 0.3) is 0 Å². The Morgan fingerprint density at radius 1 is 1.17 bits per heavy atom. The second-order valence-electron chi connectivity index (χ2n) is 6.94. The van der Waals surface area contributed by atoms with Crippen LogP contribution in [0.15, 0.2) is 30.3 Å². The Balaban J connectivity index is 2.09. The molecule has 0 aliphatic heterocycles. The average Bonchev–Trinajstić information content (AvgIpc) is 2.65. The van der Waals surface area contributed by atoms with Gasteiger partial charge in [-0.05, 0) is 30.9 Å². The molecule has 0 spiro atoms. The van der Waals surface area contributed by atoms with Crippen LogP contribution in [0.5, 0.6) is 0 Å². The van der Waals surface area contributed by atoms with Crippen molar-refractivity contribution in [2.45, 2.75) is 64.5 Å². The largest absolute Gasteiger partial charge is 0.341 e. The summed E-state index contributed by atoms with van der Waals surface area (Å²) in [4.78, 5) is 27.4. The first kappa shape index (κ1) is 18.5. The molecule has 0 radical (unpaired) electrons. The molecule has 0 aromatic heterocycles. The van der Waals surface area contributed by atoms with Gasteiger partial charge in [-0.3, -0.25) is 9.59 Å². The molecular weight excluding hydrogens is 300 g/mol. The molecule has 1 fully saturated rings. The summed E-state index contributed by atoms with van der Waals surface area (Å²) in [5.74, 6) is -0.0250. The number of hydrogen-bond donors (Lipinski definition) is 1. The van der Waals surface area contributed by atoms with E-state index in [0.717, 1.165) is 19.3 Å². The fraction of sp³-hybridized carbons (Fsp3) is 0.600. The first-order valence-corrected chi connectivity index (χ1v) is 9.17. The fourth-order valence-electron chi connectivity index (χ4n) is 3.36. The summed E-state index contributed by atoms with van der Waals surface area (Å²) in [6.45, 7) is 4.09. The Morgan fingerprint density at radius 2 is 1.79 bits per heavy atom. The predicted octanol–water partition coefficient (Wildman–Crippen LogP) is 3.62. The van der Waals surface area contributed by atoms with Crippen molar-refractivity contribution in [2.24, 2.45) is 5.92 Å². The second kappa shape index (κ2) is 8.86. The predicted molar refractivity (Wildman–Crippen MR) is 96.8 cm³/mol. The smallest absolute Gasteiger partial charge is 0.251 e. The number of likely N-dealkylation sites (N-methyl/N-ethyl adjacent to an activating group) is 1. The Kier molecular flexibility index (Phi) is 6.83. The lowest BCUT2D eigenvalue weighted by atomic mass is 9.92. The molecule has 24 heavy (non-hydrogen) atoms. The monoisotopic (exact) mass is 330 g/mol. The maximum Gasteiger partial charge on any atom is 0.251 e. The Hall–Kier alpha value is -1.84. The molecule has 2 unspecified atom stereocenters. The first-order chi connectivity index (χ1) is 11.5. The van der Waals surface area contributed by atoms with Gasteiger partial charge in [-0.2, -0.15) is 0 Å². The van der Waals surface area contributed by atoms with Gasteiger partial charge in [0.2, 0.25) is 5.91 Å². The van der Waals surface area contributed by atoms with Gasteiger partial charge in [0.05, 0.1) is 0 Å². The van der Waals surface area contributed by atoms with E-state index in [2.05, 4.69) is 12.2 Å². The zero-order valence-corrected chi connectivity index (χ0v) is 15.1. The zero-order chi connectivity index (χ0) is 17.5. The molecule has 2 rings (SSSR count). The highest BCUT2D eigenvalue weighted by Crippen LogP contribution is 2.23. The van der Waals surface area contributed by atoms with E-state index >= 15 is 0 Å². The van der Waals surface area contributed by atoms with Gasteiger partial charge in [0.1, 0.15) is 6.04 Å². The van der Waals surface area contributed by atoms with Crippen LogP contribution < -0.4 is 5.32 Å². The molecule has 1 N–H and O–H groups in total. The van der Waals surface area contributed by atoms with Gasteiger partial charge in [0, 0.05) is 18.7 Å². The average molecular weight is 330 g/mol. The third-order valence-corrected chi connectivity index (χ3v) is 5.27. The summed E-state index contributed by atoms with van der Waals surface area (Å²) >= 11 is 0. The van der Waals surface area contributed by atoms with E-state index in [0.29, 0.717) is 11.6 Å². The highest BCUT2D eigenvalue weighted by atomic mass is 16.2. The van der Waals surface area contributed by atoms with Gasteiger partial charge in [-0.25, -0.2) is 0 Å². The van der Waals surface area contributed by atoms with Crippen LogP contribution in [0.4, 0.5) is 0 Å². The number of carbonyl (C=O) groups excluding carboxylic acids is 2. The lowest BCUT2D eigenvalue weighted by molar-refractivity contribution is -0.135. The van der Waals surface area contributed by atoms with E-state index in [9.17, 15) is 9.59 Å². The SMILES string of the molecule is CCC(C)C(NC(=O)c1ccccc1)C(=O)N(C)C1CCCCC1. The molecule has 1 aromatic carbocycles. The summed E-state index contributed by atoms with van der Waals surface area (Å²) in [5.41, 5.74) is 0.596. The lowest BCUT2D eigenvalue weighted by Crippen LogP contribution is -2.53. The van der Waals surface area contributed by atoms with E-state index in [-0.39, 0.29) is 17.7 Å². The Bertz CT molecular complexity index is 538. The number of nitrogens with zero attached hydrogens (tertiary/aromatic N) is 1. The molecule has 1 aliphatic rings. The van der Waals surface area contributed by atoms with Crippen LogP contribution in [0.3, 0.4) is 0 Å². The number of hydrogen-bond acceptors (Lipinski definition) is 2. The maximum atomic E-state index is 13.0. The van der Waals surface area contributed by atoms with Gasteiger partial charge in [-0.15, -0.1) is 0 Å². The van der Waals surface area contributed by atoms with Gasteiger partial charge in [-0.1, -0.05) is 57.7 Å². The van der Waals surface area contributed by atoms with Gasteiger partial charge in [0.25, 0.3) is 5.91 Å². The van der Waals surface area contributed by atoms with E-state index in [4.69, 9.17) is 0 Å². The molecule has 1 aromatic rings. The summed E-state index contributed by atoms with van der Waals surface area (Å²) in [6, 6.07) is 8.95. The summed E-state index contributed by atoms with van der Waals surface area (Å²) < 4.78 is 0. The minimum atomic E-state index is -0.463. The van der Waals surface area contributed by atoms with Crippen LogP contribution in [0.2, 0.25) is 0 Å². The van der Waals surface area contributed by atoms with Gasteiger partial charge in [0.15, 0.2) is 0 Å². The molecule has 2 atom stereocenters. The van der Waals surface area contributed by atoms with Crippen molar-refractivity contribution in [1.29, 1.82) is 0 Å². The molecular formula is C20H30N2O2. The minimum absolute atomic E-state index is 0.0422. The summed E-state index contributed by atoms with van der Waals surface area (Å²) in [5, 5.41) is 2.97. The standard InChI is InChI=1S/C20H30N2O2/c1-4-15(2)18(21-19(23)16-11-7-5-8-12-16)20(24)22(3)17-13-9-6-10-14-17/h5,7-8,11-12,15,17-18H,4,6,9-10,13-14H2,1-3H3,(H,21,23). The normalized spacial score (nSPS) is 17.8. The van der Waals surface area contributed by atoms with E-state index < -0.39 is 6.04 Å². The zero-order valence-electron chi connectivity index (χ0n) is 15.1.